The zero-order chi connectivity index (χ0) is 21.1. The SMILES string of the molecule is CCN(Cc1nc(-c2cccc(C(F)(F)F)c2)no1)CC1COc2ccccc2O1. The van der Waals surface area contributed by atoms with E-state index in [-0.39, 0.29) is 17.5 Å². The molecule has 1 aromatic heterocycles. The van der Waals surface area contributed by atoms with Crippen molar-refractivity contribution in [2.45, 2.75) is 25.7 Å². The summed E-state index contributed by atoms with van der Waals surface area (Å²) in [5.41, 5.74) is -0.500. The topological polar surface area (TPSA) is 60.6 Å². The summed E-state index contributed by atoms with van der Waals surface area (Å²) in [6, 6.07) is 12.4. The van der Waals surface area contributed by atoms with E-state index in [1.807, 2.05) is 36.1 Å². The molecule has 9 heteroatoms. The number of nitrogens with zero attached hydrogens (tertiary/aromatic N) is 3. The number of halogens is 3. The van der Waals surface area contributed by atoms with Crippen LogP contribution in [0.5, 0.6) is 11.5 Å². The van der Waals surface area contributed by atoms with Gasteiger partial charge in [-0.05, 0) is 30.8 Å². The zero-order valence-corrected chi connectivity index (χ0v) is 16.2. The Morgan fingerprint density at radius 2 is 1.90 bits per heavy atom. The second-order valence-electron chi connectivity index (χ2n) is 6.92. The summed E-state index contributed by atoms with van der Waals surface area (Å²) in [5.74, 6) is 1.87. The highest BCUT2D eigenvalue weighted by Crippen LogP contribution is 2.32. The molecule has 158 valence electrons. The van der Waals surface area contributed by atoms with Crippen molar-refractivity contribution in [3.8, 4) is 22.9 Å². The predicted octanol–water partition coefficient (Wildman–Crippen LogP) is 4.42. The van der Waals surface area contributed by atoms with E-state index in [4.69, 9.17) is 14.0 Å². The monoisotopic (exact) mass is 419 g/mol. The molecule has 0 fully saturated rings. The van der Waals surface area contributed by atoms with Crippen molar-refractivity contribution in [2.24, 2.45) is 0 Å². The van der Waals surface area contributed by atoms with Gasteiger partial charge in [0.15, 0.2) is 11.5 Å². The van der Waals surface area contributed by atoms with Crippen LogP contribution in [0.25, 0.3) is 11.4 Å². The van der Waals surface area contributed by atoms with Crippen LogP contribution >= 0.6 is 0 Å². The number of alkyl halides is 3. The average Bonchev–Trinajstić information content (AvgIpc) is 3.21. The van der Waals surface area contributed by atoms with Crippen molar-refractivity contribution in [1.82, 2.24) is 15.0 Å². The number of rotatable bonds is 6. The van der Waals surface area contributed by atoms with Crippen molar-refractivity contribution in [2.75, 3.05) is 19.7 Å². The summed E-state index contributed by atoms with van der Waals surface area (Å²) in [7, 11) is 0. The van der Waals surface area contributed by atoms with Crippen LogP contribution in [0, 0.1) is 0 Å². The van der Waals surface area contributed by atoms with E-state index >= 15 is 0 Å². The molecule has 1 unspecified atom stereocenters. The number of hydrogen-bond acceptors (Lipinski definition) is 6. The van der Waals surface area contributed by atoms with Gasteiger partial charge >= 0.3 is 6.18 Å². The van der Waals surface area contributed by atoms with Gasteiger partial charge in [-0.3, -0.25) is 4.90 Å². The molecule has 1 aliphatic heterocycles. The standard InChI is InChI=1S/C21H20F3N3O3/c1-2-27(11-16-13-28-17-8-3-4-9-18(17)29-16)12-19-25-20(26-30-19)14-6-5-7-15(10-14)21(22,23)24/h3-10,16H,2,11-13H2,1H3. The van der Waals surface area contributed by atoms with Crippen molar-refractivity contribution in [3.05, 3.63) is 60.0 Å². The van der Waals surface area contributed by atoms with Crippen LogP contribution in [0.2, 0.25) is 0 Å². The van der Waals surface area contributed by atoms with Crippen LogP contribution in [0.3, 0.4) is 0 Å². The third-order valence-electron chi connectivity index (χ3n) is 4.75. The number of hydrogen-bond donors (Lipinski definition) is 0. The third kappa shape index (κ3) is 4.56. The lowest BCUT2D eigenvalue weighted by Gasteiger charge is -2.30. The Balaban J connectivity index is 1.41. The Bertz CT molecular complexity index is 1010. The number of ether oxygens (including phenoxy) is 2. The van der Waals surface area contributed by atoms with Gasteiger partial charge in [0, 0.05) is 12.1 Å². The second kappa shape index (κ2) is 8.35. The molecule has 0 saturated carbocycles. The lowest BCUT2D eigenvalue weighted by atomic mass is 10.1. The van der Waals surface area contributed by atoms with E-state index in [0.29, 0.717) is 37.9 Å². The molecular formula is C21H20F3N3O3. The minimum atomic E-state index is -4.43. The first-order chi connectivity index (χ1) is 14.4. The van der Waals surface area contributed by atoms with Gasteiger partial charge in [-0.2, -0.15) is 18.2 Å². The maximum Gasteiger partial charge on any atom is 0.416 e. The Kier molecular flexibility index (Phi) is 5.63. The van der Waals surface area contributed by atoms with Gasteiger partial charge in [-0.25, -0.2) is 0 Å². The highest BCUT2D eigenvalue weighted by molar-refractivity contribution is 5.55. The lowest BCUT2D eigenvalue weighted by Crippen LogP contribution is -2.40. The maximum atomic E-state index is 12.9. The van der Waals surface area contributed by atoms with E-state index in [0.717, 1.165) is 17.9 Å². The van der Waals surface area contributed by atoms with Crippen LogP contribution < -0.4 is 9.47 Å². The van der Waals surface area contributed by atoms with Gasteiger partial charge in [0.05, 0.1) is 12.1 Å². The number of likely N-dealkylation sites (N-methyl/N-ethyl adjacent to an activating group) is 1. The molecule has 0 bridgehead atoms. The van der Waals surface area contributed by atoms with Gasteiger partial charge < -0.3 is 14.0 Å². The van der Waals surface area contributed by atoms with Crippen molar-refractivity contribution < 1.29 is 27.2 Å². The van der Waals surface area contributed by atoms with Crippen LogP contribution in [0.4, 0.5) is 13.2 Å². The number of para-hydroxylation sites is 2. The first kappa shape index (κ1) is 20.2. The molecule has 0 radical (unpaired) electrons. The van der Waals surface area contributed by atoms with Gasteiger partial charge in [0.25, 0.3) is 0 Å². The first-order valence-electron chi connectivity index (χ1n) is 9.53. The molecule has 1 atom stereocenters. The number of benzene rings is 2. The third-order valence-corrected chi connectivity index (χ3v) is 4.75. The molecular weight excluding hydrogens is 399 g/mol. The minimum Gasteiger partial charge on any atom is -0.486 e. The molecule has 4 rings (SSSR count). The fourth-order valence-corrected chi connectivity index (χ4v) is 3.21. The molecule has 0 saturated heterocycles. The fourth-order valence-electron chi connectivity index (χ4n) is 3.21. The van der Waals surface area contributed by atoms with E-state index < -0.39 is 11.7 Å². The van der Waals surface area contributed by atoms with Crippen LogP contribution in [0.1, 0.15) is 18.4 Å². The van der Waals surface area contributed by atoms with Crippen LogP contribution in [-0.2, 0) is 12.7 Å². The maximum absolute atomic E-state index is 12.9. The Labute approximate surface area is 171 Å². The molecule has 2 heterocycles. The smallest absolute Gasteiger partial charge is 0.416 e. The quantitative estimate of drug-likeness (QED) is 0.590. The molecule has 30 heavy (non-hydrogen) atoms. The molecule has 0 aliphatic carbocycles. The lowest BCUT2D eigenvalue weighted by molar-refractivity contribution is -0.137. The van der Waals surface area contributed by atoms with Crippen molar-refractivity contribution in [3.63, 3.8) is 0 Å². The molecule has 1 aliphatic rings. The van der Waals surface area contributed by atoms with Crippen LogP contribution in [-0.4, -0.2) is 40.8 Å². The van der Waals surface area contributed by atoms with E-state index in [1.165, 1.54) is 12.1 Å². The predicted molar refractivity (Wildman–Crippen MR) is 102 cm³/mol. The molecule has 2 aromatic carbocycles. The van der Waals surface area contributed by atoms with E-state index in [9.17, 15) is 13.2 Å². The zero-order valence-electron chi connectivity index (χ0n) is 16.2. The summed E-state index contributed by atoms with van der Waals surface area (Å²) in [6.07, 6.45) is -4.59. The summed E-state index contributed by atoms with van der Waals surface area (Å²) in [6.45, 7) is 4.04. The highest BCUT2D eigenvalue weighted by Gasteiger charge is 2.31. The van der Waals surface area contributed by atoms with E-state index in [2.05, 4.69) is 10.1 Å². The summed E-state index contributed by atoms with van der Waals surface area (Å²) < 4.78 is 55.8. The average molecular weight is 419 g/mol. The van der Waals surface area contributed by atoms with Gasteiger partial charge in [0.1, 0.15) is 12.7 Å². The summed E-state index contributed by atoms with van der Waals surface area (Å²) >= 11 is 0. The Morgan fingerprint density at radius 1 is 1.10 bits per heavy atom. The minimum absolute atomic E-state index is 0.123. The number of fused-ring (bicyclic) bond motifs is 1. The molecule has 0 N–H and O–H groups in total. The normalized spacial score (nSPS) is 16.1. The fraction of sp³-hybridized carbons (Fsp3) is 0.333. The van der Waals surface area contributed by atoms with Gasteiger partial charge in [-0.15, -0.1) is 0 Å². The van der Waals surface area contributed by atoms with E-state index in [1.54, 1.807) is 0 Å². The van der Waals surface area contributed by atoms with Gasteiger partial charge in [-0.1, -0.05) is 36.3 Å². The Morgan fingerprint density at radius 3 is 2.67 bits per heavy atom. The largest absolute Gasteiger partial charge is 0.486 e. The Hall–Kier alpha value is -3.07. The number of aromatic nitrogens is 2. The first-order valence-corrected chi connectivity index (χ1v) is 9.53. The van der Waals surface area contributed by atoms with Crippen molar-refractivity contribution >= 4 is 0 Å². The van der Waals surface area contributed by atoms with Crippen LogP contribution in [0.15, 0.2) is 53.1 Å². The van der Waals surface area contributed by atoms with Gasteiger partial charge in [0.2, 0.25) is 11.7 Å². The van der Waals surface area contributed by atoms with Crippen molar-refractivity contribution in [1.29, 1.82) is 0 Å². The molecule has 0 amide bonds. The molecule has 6 nitrogen and oxygen atoms in total. The highest BCUT2D eigenvalue weighted by atomic mass is 19.4. The molecule has 3 aromatic rings. The second-order valence-corrected chi connectivity index (χ2v) is 6.92. The molecule has 0 spiro atoms. The summed E-state index contributed by atoms with van der Waals surface area (Å²) in [4.78, 5) is 6.31. The summed E-state index contributed by atoms with van der Waals surface area (Å²) in [5, 5.41) is 3.84.